The number of nitrogens with zero attached hydrogens (tertiary/aromatic N) is 2. The van der Waals surface area contributed by atoms with Gasteiger partial charge in [0.1, 0.15) is 0 Å². The van der Waals surface area contributed by atoms with Crippen LogP contribution in [0.1, 0.15) is 5.56 Å². The highest BCUT2D eigenvalue weighted by atomic mass is 16.4. The van der Waals surface area contributed by atoms with Crippen molar-refractivity contribution in [3.63, 3.8) is 0 Å². The summed E-state index contributed by atoms with van der Waals surface area (Å²) in [5, 5.41) is 21.6. The van der Waals surface area contributed by atoms with E-state index in [0.29, 0.717) is 6.54 Å². The van der Waals surface area contributed by atoms with Gasteiger partial charge in [0.2, 0.25) is 0 Å². The van der Waals surface area contributed by atoms with Gasteiger partial charge in [-0.1, -0.05) is 35.6 Å². The minimum Gasteiger partial charge on any atom is -0.475 e. The summed E-state index contributed by atoms with van der Waals surface area (Å²) in [6.45, 7) is 0.442. The zero-order chi connectivity index (χ0) is 11.1. The number of hydrogen-bond acceptors (Lipinski definition) is 3. The Kier molecular flexibility index (Phi) is 3.96. The standard InChI is InChI=1S/C9H10N4O2/c10-8(9(14)15)12-13-11-6-7-4-2-1-3-5-7/h1-5H,6H2,(H,14,15)(H2,10,11,12). The Balaban J connectivity index is 2.34. The highest BCUT2D eigenvalue weighted by Crippen LogP contribution is 1.96. The summed E-state index contributed by atoms with van der Waals surface area (Å²) >= 11 is 0. The number of carboxylic acids is 1. The SMILES string of the molecule is N=C(/N=N\NCc1ccccc1)C(=O)O. The number of carboxylic acid groups (broad SMARTS) is 1. The molecule has 15 heavy (non-hydrogen) atoms. The molecule has 1 aromatic carbocycles. The number of aliphatic carboxylic acids is 1. The van der Waals surface area contributed by atoms with Gasteiger partial charge < -0.3 is 5.11 Å². The van der Waals surface area contributed by atoms with Crippen molar-refractivity contribution < 1.29 is 9.90 Å². The highest BCUT2D eigenvalue weighted by Gasteiger charge is 2.02. The maximum atomic E-state index is 10.2. The first kappa shape index (κ1) is 10.8. The van der Waals surface area contributed by atoms with Crippen LogP contribution in [0.25, 0.3) is 0 Å². The molecule has 3 N–H and O–H groups in total. The van der Waals surface area contributed by atoms with E-state index in [0.717, 1.165) is 5.56 Å². The van der Waals surface area contributed by atoms with Gasteiger partial charge in [0.25, 0.3) is 5.84 Å². The lowest BCUT2D eigenvalue weighted by Gasteiger charge is -1.97. The Morgan fingerprint density at radius 3 is 2.67 bits per heavy atom. The van der Waals surface area contributed by atoms with E-state index >= 15 is 0 Å². The third-order valence-corrected chi connectivity index (χ3v) is 1.55. The molecule has 0 atom stereocenters. The molecule has 0 fully saturated rings. The Morgan fingerprint density at radius 2 is 2.07 bits per heavy atom. The van der Waals surface area contributed by atoms with Gasteiger partial charge in [0, 0.05) is 0 Å². The zero-order valence-corrected chi connectivity index (χ0v) is 7.84. The zero-order valence-electron chi connectivity index (χ0n) is 7.84. The van der Waals surface area contributed by atoms with Crippen molar-refractivity contribution in [2.24, 2.45) is 10.3 Å². The predicted molar refractivity (Wildman–Crippen MR) is 53.5 cm³/mol. The molecule has 0 heterocycles. The second-order valence-corrected chi connectivity index (χ2v) is 2.67. The quantitative estimate of drug-likeness (QED) is 0.300. The molecule has 0 unspecified atom stereocenters. The first-order valence-electron chi connectivity index (χ1n) is 4.19. The molecule has 0 aliphatic heterocycles. The number of carbonyl (C=O) groups is 1. The molecule has 0 saturated carbocycles. The summed E-state index contributed by atoms with van der Waals surface area (Å²) in [5.41, 5.74) is 3.54. The summed E-state index contributed by atoms with van der Waals surface area (Å²) in [6.07, 6.45) is 0. The van der Waals surface area contributed by atoms with Crippen LogP contribution in [-0.4, -0.2) is 16.9 Å². The van der Waals surface area contributed by atoms with E-state index in [4.69, 9.17) is 10.5 Å². The van der Waals surface area contributed by atoms with E-state index < -0.39 is 11.8 Å². The number of benzene rings is 1. The predicted octanol–water partition coefficient (Wildman–Crippen LogP) is 1.21. The minimum absolute atomic E-state index is 0.442. The van der Waals surface area contributed by atoms with Crippen LogP contribution >= 0.6 is 0 Å². The van der Waals surface area contributed by atoms with E-state index in [1.54, 1.807) is 0 Å². The van der Waals surface area contributed by atoms with Gasteiger partial charge in [-0.2, -0.15) is 0 Å². The molecular formula is C9H10N4O2. The third-order valence-electron chi connectivity index (χ3n) is 1.55. The topological polar surface area (TPSA) is 97.9 Å². The smallest absolute Gasteiger partial charge is 0.375 e. The number of amidine groups is 1. The molecule has 0 spiro atoms. The van der Waals surface area contributed by atoms with Crippen LogP contribution in [0.4, 0.5) is 0 Å². The minimum atomic E-state index is -1.40. The summed E-state index contributed by atoms with van der Waals surface area (Å²) in [5.74, 6) is -2.20. The second kappa shape index (κ2) is 5.48. The summed E-state index contributed by atoms with van der Waals surface area (Å²) in [7, 11) is 0. The van der Waals surface area contributed by atoms with Crippen molar-refractivity contribution in [1.29, 1.82) is 5.41 Å². The first-order valence-corrected chi connectivity index (χ1v) is 4.19. The lowest BCUT2D eigenvalue weighted by molar-refractivity contribution is -0.129. The molecule has 1 aromatic rings. The molecule has 0 radical (unpaired) electrons. The van der Waals surface area contributed by atoms with Crippen LogP contribution < -0.4 is 5.43 Å². The molecular weight excluding hydrogens is 196 g/mol. The van der Waals surface area contributed by atoms with Crippen molar-refractivity contribution in [1.82, 2.24) is 5.43 Å². The van der Waals surface area contributed by atoms with Crippen LogP contribution in [0.15, 0.2) is 40.7 Å². The molecule has 0 aliphatic rings. The monoisotopic (exact) mass is 206 g/mol. The van der Waals surface area contributed by atoms with Crippen molar-refractivity contribution >= 4 is 11.8 Å². The van der Waals surface area contributed by atoms with Crippen molar-refractivity contribution in [2.75, 3.05) is 0 Å². The average Bonchev–Trinajstić information content (AvgIpc) is 2.25. The fourth-order valence-electron chi connectivity index (χ4n) is 0.851. The van der Waals surface area contributed by atoms with E-state index in [2.05, 4.69) is 15.8 Å². The first-order chi connectivity index (χ1) is 7.20. The largest absolute Gasteiger partial charge is 0.475 e. The van der Waals surface area contributed by atoms with Gasteiger partial charge >= 0.3 is 5.97 Å². The van der Waals surface area contributed by atoms with Gasteiger partial charge in [-0.25, -0.2) is 4.79 Å². The summed E-state index contributed by atoms with van der Waals surface area (Å²) in [4.78, 5) is 10.2. The summed E-state index contributed by atoms with van der Waals surface area (Å²) in [6, 6.07) is 9.45. The Morgan fingerprint density at radius 1 is 1.40 bits per heavy atom. The third kappa shape index (κ3) is 3.99. The number of nitrogens with one attached hydrogen (secondary N) is 2. The van der Waals surface area contributed by atoms with Gasteiger partial charge in [-0.05, 0) is 5.56 Å². The van der Waals surface area contributed by atoms with Gasteiger partial charge in [-0.15, -0.1) is 5.11 Å². The lowest BCUT2D eigenvalue weighted by Crippen LogP contribution is -2.10. The number of hydrogen-bond donors (Lipinski definition) is 3. The van der Waals surface area contributed by atoms with E-state index in [1.165, 1.54) is 0 Å². The molecule has 0 aromatic heterocycles. The molecule has 0 aliphatic carbocycles. The molecule has 1 rings (SSSR count). The molecule has 0 bridgehead atoms. The molecule has 0 amide bonds. The van der Waals surface area contributed by atoms with Crippen LogP contribution in [-0.2, 0) is 11.3 Å². The van der Waals surface area contributed by atoms with Gasteiger partial charge in [0.15, 0.2) is 0 Å². The normalized spacial score (nSPS) is 10.1. The van der Waals surface area contributed by atoms with Crippen LogP contribution in [0.3, 0.4) is 0 Å². The van der Waals surface area contributed by atoms with Gasteiger partial charge in [-0.3, -0.25) is 10.8 Å². The Bertz CT molecular complexity index is 375. The highest BCUT2D eigenvalue weighted by molar-refractivity contribution is 6.33. The second-order valence-electron chi connectivity index (χ2n) is 2.67. The summed E-state index contributed by atoms with van der Waals surface area (Å²) < 4.78 is 0. The van der Waals surface area contributed by atoms with Crippen molar-refractivity contribution in [3.8, 4) is 0 Å². The fraction of sp³-hybridized carbons (Fsp3) is 0.111. The van der Waals surface area contributed by atoms with Gasteiger partial charge in [0.05, 0.1) is 6.54 Å². The average molecular weight is 206 g/mol. The maximum Gasteiger partial charge on any atom is 0.375 e. The molecule has 6 heteroatoms. The van der Waals surface area contributed by atoms with Crippen molar-refractivity contribution in [2.45, 2.75) is 6.54 Å². The van der Waals surface area contributed by atoms with E-state index in [1.807, 2.05) is 30.3 Å². The molecule has 78 valence electrons. The Hall–Kier alpha value is -2.24. The Labute approximate surface area is 86.1 Å². The van der Waals surface area contributed by atoms with Crippen molar-refractivity contribution in [3.05, 3.63) is 35.9 Å². The van der Waals surface area contributed by atoms with E-state index in [-0.39, 0.29) is 0 Å². The van der Waals surface area contributed by atoms with Crippen LogP contribution in [0.5, 0.6) is 0 Å². The van der Waals surface area contributed by atoms with Crippen LogP contribution in [0.2, 0.25) is 0 Å². The lowest BCUT2D eigenvalue weighted by atomic mass is 10.2. The number of rotatable bonds is 3. The molecule has 0 saturated heterocycles. The molecule has 6 nitrogen and oxygen atoms in total. The van der Waals surface area contributed by atoms with Crippen LogP contribution in [0, 0.1) is 5.41 Å². The fourth-order valence-corrected chi connectivity index (χ4v) is 0.851. The maximum absolute atomic E-state index is 10.2. The van der Waals surface area contributed by atoms with E-state index in [9.17, 15) is 4.79 Å².